The van der Waals surface area contributed by atoms with Crippen LogP contribution in [0.5, 0.6) is 0 Å². The SMILES string of the molecule is CCOC(=O)CCCCCCCCCCCCCCC(CC)C(CC)C(=O)OCC. The van der Waals surface area contributed by atoms with Crippen molar-refractivity contribution < 1.29 is 19.1 Å². The fraction of sp³-hybridized carbons (Fsp3) is 0.923. The van der Waals surface area contributed by atoms with Gasteiger partial charge in [-0.3, -0.25) is 9.59 Å². The number of carbonyl (C=O) groups is 2. The highest BCUT2D eigenvalue weighted by molar-refractivity contribution is 5.72. The van der Waals surface area contributed by atoms with E-state index in [4.69, 9.17) is 9.47 Å². The maximum absolute atomic E-state index is 12.1. The molecular weight excluding hydrogens is 376 g/mol. The van der Waals surface area contributed by atoms with Crippen molar-refractivity contribution in [3.05, 3.63) is 0 Å². The van der Waals surface area contributed by atoms with Crippen LogP contribution in [0.4, 0.5) is 0 Å². The molecule has 0 bridgehead atoms. The minimum absolute atomic E-state index is 0.00542. The van der Waals surface area contributed by atoms with Crippen LogP contribution in [-0.2, 0) is 19.1 Å². The lowest BCUT2D eigenvalue weighted by atomic mass is 9.84. The number of rotatable bonds is 21. The van der Waals surface area contributed by atoms with Crippen LogP contribution in [0.15, 0.2) is 0 Å². The second-order valence-electron chi connectivity index (χ2n) is 8.52. The highest BCUT2D eigenvalue weighted by atomic mass is 16.5. The van der Waals surface area contributed by atoms with E-state index in [9.17, 15) is 9.59 Å². The van der Waals surface area contributed by atoms with Gasteiger partial charge in [-0.05, 0) is 39.0 Å². The van der Waals surface area contributed by atoms with E-state index in [1.807, 2.05) is 13.8 Å². The number of hydrogen-bond donors (Lipinski definition) is 0. The molecule has 0 spiro atoms. The summed E-state index contributed by atoms with van der Waals surface area (Å²) >= 11 is 0. The van der Waals surface area contributed by atoms with E-state index < -0.39 is 0 Å². The van der Waals surface area contributed by atoms with Crippen LogP contribution >= 0.6 is 0 Å². The van der Waals surface area contributed by atoms with Gasteiger partial charge in [0.2, 0.25) is 0 Å². The van der Waals surface area contributed by atoms with E-state index in [0.29, 0.717) is 25.6 Å². The molecular formula is C26H50O4. The molecule has 0 aromatic heterocycles. The third-order valence-electron chi connectivity index (χ3n) is 6.13. The molecule has 0 aromatic rings. The van der Waals surface area contributed by atoms with Crippen molar-refractivity contribution in [3.8, 4) is 0 Å². The number of carbonyl (C=O) groups excluding carboxylic acids is 2. The van der Waals surface area contributed by atoms with Crippen molar-refractivity contribution in [2.24, 2.45) is 11.8 Å². The van der Waals surface area contributed by atoms with Crippen molar-refractivity contribution in [2.45, 2.75) is 130 Å². The summed E-state index contributed by atoms with van der Waals surface area (Å²) in [5.74, 6) is 0.518. The van der Waals surface area contributed by atoms with Crippen LogP contribution in [0.2, 0.25) is 0 Å². The van der Waals surface area contributed by atoms with Gasteiger partial charge in [0.15, 0.2) is 0 Å². The predicted octanol–water partition coefficient (Wildman–Crippen LogP) is 7.63. The van der Waals surface area contributed by atoms with Crippen LogP contribution in [0, 0.1) is 11.8 Å². The molecule has 30 heavy (non-hydrogen) atoms. The summed E-state index contributed by atoms with van der Waals surface area (Å²) in [5.41, 5.74) is 0. The number of esters is 2. The van der Waals surface area contributed by atoms with Crippen molar-refractivity contribution in [2.75, 3.05) is 13.2 Å². The van der Waals surface area contributed by atoms with Gasteiger partial charge in [0.25, 0.3) is 0 Å². The minimum Gasteiger partial charge on any atom is -0.466 e. The van der Waals surface area contributed by atoms with E-state index in [1.54, 1.807) is 0 Å². The van der Waals surface area contributed by atoms with Gasteiger partial charge < -0.3 is 9.47 Å². The van der Waals surface area contributed by atoms with Gasteiger partial charge in [-0.1, -0.05) is 90.9 Å². The first kappa shape index (κ1) is 28.9. The summed E-state index contributed by atoms with van der Waals surface area (Å²) in [6, 6.07) is 0. The standard InChI is InChI=1S/C26H50O4/c1-5-23(24(6-2)26(28)30-8-4)21-19-17-15-13-11-9-10-12-14-16-18-20-22-25(27)29-7-3/h23-24H,5-22H2,1-4H3. The quantitative estimate of drug-likeness (QED) is 0.140. The first-order valence-corrected chi connectivity index (χ1v) is 12.9. The topological polar surface area (TPSA) is 52.6 Å². The summed E-state index contributed by atoms with van der Waals surface area (Å²) in [4.78, 5) is 23.4. The Morgan fingerprint density at radius 1 is 0.600 bits per heavy atom. The second-order valence-corrected chi connectivity index (χ2v) is 8.52. The first-order chi connectivity index (χ1) is 14.6. The Balaban J connectivity index is 3.52. The molecule has 0 fully saturated rings. The third kappa shape index (κ3) is 15.7. The van der Waals surface area contributed by atoms with Gasteiger partial charge in [-0.15, -0.1) is 0 Å². The molecule has 2 atom stereocenters. The lowest BCUT2D eigenvalue weighted by Gasteiger charge is -2.23. The molecule has 4 nitrogen and oxygen atoms in total. The molecule has 0 saturated heterocycles. The third-order valence-corrected chi connectivity index (χ3v) is 6.13. The monoisotopic (exact) mass is 426 g/mol. The first-order valence-electron chi connectivity index (χ1n) is 12.9. The minimum atomic E-state index is -0.0492. The number of ether oxygens (including phenoxy) is 2. The highest BCUT2D eigenvalue weighted by Gasteiger charge is 2.26. The molecule has 0 radical (unpaired) electrons. The molecule has 178 valence electrons. The van der Waals surface area contributed by atoms with Crippen LogP contribution in [0.3, 0.4) is 0 Å². The predicted molar refractivity (Wildman–Crippen MR) is 125 cm³/mol. The summed E-state index contributed by atoms with van der Waals surface area (Å²) in [6.07, 6.45) is 18.9. The molecule has 2 unspecified atom stereocenters. The fourth-order valence-electron chi connectivity index (χ4n) is 4.31. The van der Waals surface area contributed by atoms with E-state index in [1.165, 1.54) is 64.2 Å². The van der Waals surface area contributed by atoms with Crippen LogP contribution < -0.4 is 0 Å². The molecule has 0 aliphatic rings. The van der Waals surface area contributed by atoms with E-state index in [-0.39, 0.29) is 17.9 Å². The summed E-state index contributed by atoms with van der Waals surface area (Å²) in [7, 11) is 0. The van der Waals surface area contributed by atoms with E-state index in [2.05, 4.69) is 13.8 Å². The molecule has 0 saturated carbocycles. The average molecular weight is 427 g/mol. The number of unbranched alkanes of at least 4 members (excludes halogenated alkanes) is 11. The van der Waals surface area contributed by atoms with Gasteiger partial charge in [0, 0.05) is 6.42 Å². The normalized spacial score (nSPS) is 13.1. The zero-order valence-electron chi connectivity index (χ0n) is 20.5. The Kier molecular flexibility index (Phi) is 20.4. The maximum atomic E-state index is 12.1. The van der Waals surface area contributed by atoms with Crippen molar-refractivity contribution >= 4 is 11.9 Å². The lowest BCUT2D eigenvalue weighted by Crippen LogP contribution is -2.25. The Labute approximate surface area is 186 Å². The fourth-order valence-corrected chi connectivity index (χ4v) is 4.31. The molecule has 0 aromatic carbocycles. The summed E-state index contributed by atoms with van der Waals surface area (Å²) < 4.78 is 10.2. The van der Waals surface area contributed by atoms with Crippen LogP contribution in [-0.4, -0.2) is 25.2 Å². The highest BCUT2D eigenvalue weighted by Crippen LogP contribution is 2.27. The Morgan fingerprint density at radius 3 is 1.50 bits per heavy atom. The molecule has 0 N–H and O–H groups in total. The molecule has 0 aliphatic heterocycles. The van der Waals surface area contributed by atoms with Gasteiger partial charge in [0.1, 0.15) is 0 Å². The van der Waals surface area contributed by atoms with Crippen LogP contribution in [0.25, 0.3) is 0 Å². The zero-order chi connectivity index (χ0) is 22.5. The summed E-state index contributed by atoms with van der Waals surface area (Å²) in [5, 5.41) is 0. The smallest absolute Gasteiger partial charge is 0.309 e. The Morgan fingerprint density at radius 2 is 1.07 bits per heavy atom. The largest absolute Gasteiger partial charge is 0.466 e. The summed E-state index contributed by atoms with van der Waals surface area (Å²) in [6.45, 7) is 9.03. The second kappa shape index (κ2) is 21.2. The molecule has 0 heterocycles. The Bertz CT molecular complexity index is 408. The van der Waals surface area contributed by atoms with Crippen molar-refractivity contribution in [1.29, 1.82) is 0 Å². The number of hydrogen-bond acceptors (Lipinski definition) is 4. The van der Waals surface area contributed by atoms with Crippen molar-refractivity contribution in [3.63, 3.8) is 0 Å². The van der Waals surface area contributed by atoms with E-state index >= 15 is 0 Å². The lowest BCUT2D eigenvalue weighted by molar-refractivity contribution is -0.150. The zero-order valence-corrected chi connectivity index (χ0v) is 20.5. The van der Waals surface area contributed by atoms with E-state index in [0.717, 1.165) is 32.1 Å². The molecule has 4 heteroatoms. The molecule has 0 aliphatic carbocycles. The van der Waals surface area contributed by atoms with Gasteiger partial charge >= 0.3 is 11.9 Å². The Hall–Kier alpha value is -1.06. The van der Waals surface area contributed by atoms with Crippen LogP contribution in [0.1, 0.15) is 130 Å². The van der Waals surface area contributed by atoms with Gasteiger partial charge in [-0.25, -0.2) is 0 Å². The van der Waals surface area contributed by atoms with Gasteiger partial charge in [-0.2, -0.15) is 0 Å². The molecule has 0 amide bonds. The van der Waals surface area contributed by atoms with Crippen molar-refractivity contribution in [1.82, 2.24) is 0 Å². The maximum Gasteiger partial charge on any atom is 0.309 e. The average Bonchev–Trinajstić information content (AvgIpc) is 2.73. The molecule has 0 rings (SSSR count). The van der Waals surface area contributed by atoms with Gasteiger partial charge in [0.05, 0.1) is 19.1 Å².